The van der Waals surface area contributed by atoms with E-state index in [0.29, 0.717) is 17.5 Å². The average molecular weight is 731 g/mol. The van der Waals surface area contributed by atoms with Crippen molar-refractivity contribution in [3.05, 3.63) is 182 Å². The molecule has 6 heteroatoms. The highest BCUT2D eigenvalue weighted by Gasteiger charge is 2.21. The Balaban J connectivity index is 1.03. The van der Waals surface area contributed by atoms with Gasteiger partial charge in [-0.25, -0.2) is 15.0 Å². The van der Waals surface area contributed by atoms with Crippen LogP contribution in [0.4, 0.5) is 0 Å². The van der Waals surface area contributed by atoms with E-state index >= 15 is 0 Å². The van der Waals surface area contributed by atoms with Gasteiger partial charge in [-0.05, 0) is 65.7 Å². The molecular weight excluding hydrogens is 701 g/mol. The number of para-hydroxylation sites is 2. The molecule has 0 aliphatic heterocycles. The summed E-state index contributed by atoms with van der Waals surface area (Å²) in [4.78, 5) is 15.1. The molecule has 0 bridgehead atoms. The first kappa shape index (κ1) is 31.5. The van der Waals surface area contributed by atoms with Crippen LogP contribution in [0.3, 0.4) is 0 Å². The van der Waals surface area contributed by atoms with Gasteiger partial charge in [-0.3, -0.25) is 0 Å². The molecule has 266 valence electrons. The third-order valence-corrected chi connectivity index (χ3v) is 11.1. The summed E-state index contributed by atoms with van der Waals surface area (Å²) in [7, 11) is 0. The summed E-state index contributed by atoms with van der Waals surface area (Å²) in [6, 6.07) is 62.6. The highest BCUT2D eigenvalue weighted by Crippen LogP contribution is 2.43. The maximum absolute atomic E-state index is 6.59. The molecule has 4 aromatic heterocycles. The van der Waals surface area contributed by atoms with Gasteiger partial charge in [-0.2, -0.15) is 0 Å². The van der Waals surface area contributed by atoms with E-state index in [-0.39, 0.29) is 0 Å². The Hall–Kier alpha value is -7.83. The van der Waals surface area contributed by atoms with E-state index in [1.165, 1.54) is 21.8 Å². The molecule has 57 heavy (non-hydrogen) atoms. The lowest BCUT2D eigenvalue weighted by atomic mass is 9.96. The summed E-state index contributed by atoms with van der Waals surface area (Å²) in [6.45, 7) is 0. The average Bonchev–Trinajstić information content (AvgIpc) is 3.96. The molecule has 8 aromatic carbocycles. The Morgan fingerprint density at radius 2 is 0.895 bits per heavy atom. The Morgan fingerprint density at radius 1 is 0.333 bits per heavy atom. The van der Waals surface area contributed by atoms with Crippen molar-refractivity contribution in [3.63, 3.8) is 0 Å². The first-order chi connectivity index (χ1) is 28.2. The normalized spacial score (nSPS) is 11.9. The zero-order valence-corrected chi connectivity index (χ0v) is 30.4. The highest BCUT2D eigenvalue weighted by molar-refractivity contribution is 6.18. The molecule has 6 nitrogen and oxygen atoms in total. The summed E-state index contributed by atoms with van der Waals surface area (Å²) in [5.74, 6) is 1.81. The second-order valence-corrected chi connectivity index (χ2v) is 14.4. The smallest absolute Gasteiger partial charge is 0.164 e. The second-order valence-electron chi connectivity index (χ2n) is 14.4. The van der Waals surface area contributed by atoms with Crippen molar-refractivity contribution in [2.24, 2.45) is 0 Å². The zero-order valence-electron chi connectivity index (χ0n) is 30.4. The SMILES string of the molecule is c1ccc(-c2nc(-c3ccccc3)nc(-c3cccc4oc5cccc(-c6ccc7c(c6)oc6ccc(-n8c9ccccc9c9ccccc98)cc67)c5c34)n2)cc1. The number of aromatic nitrogens is 4. The lowest BCUT2D eigenvalue weighted by Gasteiger charge is -2.10. The van der Waals surface area contributed by atoms with Gasteiger partial charge in [0.25, 0.3) is 0 Å². The van der Waals surface area contributed by atoms with Gasteiger partial charge in [0.15, 0.2) is 17.5 Å². The highest BCUT2D eigenvalue weighted by atomic mass is 16.3. The van der Waals surface area contributed by atoms with E-state index < -0.39 is 0 Å². The Morgan fingerprint density at radius 3 is 1.56 bits per heavy atom. The van der Waals surface area contributed by atoms with Crippen LogP contribution < -0.4 is 0 Å². The van der Waals surface area contributed by atoms with E-state index in [4.69, 9.17) is 23.8 Å². The molecular formula is C51H30N4O2. The molecule has 0 radical (unpaired) electrons. The summed E-state index contributed by atoms with van der Waals surface area (Å²) in [5, 5.41) is 6.56. The van der Waals surface area contributed by atoms with Crippen molar-refractivity contribution in [2.45, 2.75) is 0 Å². The maximum Gasteiger partial charge on any atom is 0.164 e. The number of furan rings is 2. The predicted molar refractivity (Wildman–Crippen MR) is 230 cm³/mol. The van der Waals surface area contributed by atoms with Gasteiger partial charge in [-0.15, -0.1) is 0 Å². The monoisotopic (exact) mass is 730 g/mol. The van der Waals surface area contributed by atoms with Crippen molar-refractivity contribution in [1.29, 1.82) is 0 Å². The molecule has 0 aliphatic carbocycles. The molecule has 0 saturated heterocycles. The number of fused-ring (bicyclic) bond motifs is 9. The molecule has 0 spiro atoms. The van der Waals surface area contributed by atoms with E-state index in [0.717, 1.165) is 77.4 Å². The zero-order chi connectivity index (χ0) is 37.5. The third kappa shape index (κ3) is 4.94. The van der Waals surface area contributed by atoms with E-state index in [2.05, 4.69) is 102 Å². The topological polar surface area (TPSA) is 69.9 Å². The van der Waals surface area contributed by atoms with E-state index in [1.807, 2.05) is 84.9 Å². The molecule has 0 aliphatic rings. The maximum atomic E-state index is 6.59. The first-order valence-corrected chi connectivity index (χ1v) is 19.0. The van der Waals surface area contributed by atoms with Crippen molar-refractivity contribution in [3.8, 4) is 51.0 Å². The van der Waals surface area contributed by atoms with Crippen LogP contribution in [-0.2, 0) is 0 Å². The van der Waals surface area contributed by atoms with Crippen LogP contribution in [0.2, 0.25) is 0 Å². The van der Waals surface area contributed by atoms with Crippen molar-refractivity contribution >= 4 is 65.7 Å². The predicted octanol–water partition coefficient (Wildman–Crippen LogP) is 13.4. The molecule has 0 atom stereocenters. The minimum absolute atomic E-state index is 0.581. The van der Waals surface area contributed by atoms with Gasteiger partial charge < -0.3 is 13.4 Å². The van der Waals surface area contributed by atoms with Gasteiger partial charge in [0.05, 0.1) is 11.0 Å². The van der Waals surface area contributed by atoms with Gasteiger partial charge in [-0.1, -0.05) is 127 Å². The van der Waals surface area contributed by atoms with Gasteiger partial charge >= 0.3 is 0 Å². The quantitative estimate of drug-likeness (QED) is 0.176. The minimum atomic E-state index is 0.581. The lowest BCUT2D eigenvalue weighted by molar-refractivity contribution is 0.668. The van der Waals surface area contributed by atoms with Crippen LogP contribution in [0.25, 0.3) is 117 Å². The molecule has 0 fully saturated rings. The fourth-order valence-corrected chi connectivity index (χ4v) is 8.50. The number of hydrogen-bond acceptors (Lipinski definition) is 5. The number of nitrogens with zero attached hydrogens (tertiary/aromatic N) is 4. The van der Waals surface area contributed by atoms with Crippen molar-refractivity contribution in [1.82, 2.24) is 19.5 Å². The fourth-order valence-electron chi connectivity index (χ4n) is 8.50. The first-order valence-electron chi connectivity index (χ1n) is 19.0. The molecule has 0 saturated carbocycles. The summed E-state index contributed by atoms with van der Waals surface area (Å²) < 4.78 is 15.5. The van der Waals surface area contributed by atoms with Gasteiger partial charge in [0.1, 0.15) is 22.3 Å². The summed E-state index contributed by atoms with van der Waals surface area (Å²) >= 11 is 0. The van der Waals surface area contributed by atoms with Crippen LogP contribution in [-0.4, -0.2) is 19.5 Å². The van der Waals surface area contributed by atoms with Crippen LogP contribution in [0, 0.1) is 0 Å². The standard InChI is InChI=1S/C51H30N4O2/c1-3-13-31(14-4-1)49-52-50(32-15-5-2-6-16-32)54-51(53-49)39-20-12-24-45-48(39)47-35(19-11-23-44(47)57-45)33-25-27-38-40-30-34(26-28-43(40)56-46(38)29-33)55-41-21-9-7-17-36(41)37-18-8-10-22-42(37)55/h1-30H. The Bertz CT molecular complexity index is 3410. The fraction of sp³-hybridized carbons (Fsp3) is 0. The van der Waals surface area contributed by atoms with Crippen molar-refractivity contribution < 1.29 is 8.83 Å². The van der Waals surface area contributed by atoms with Crippen molar-refractivity contribution in [2.75, 3.05) is 0 Å². The molecule has 0 amide bonds. The van der Waals surface area contributed by atoms with Crippen LogP contribution in [0.5, 0.6) is 0 Å². The largest absolute Gasteiger partial charge is 0.456 e. The number of benzene rings is 8. The number of hydrogen-bond donors (Lipinski definition) is 0. The van der Waals surface area contributed by atoms with Gasteiger partial charge in [0.2, 0.25) is 0 Å². The lowest BCUT2D eigenvalue weighted by Crippen LogP contribution is -2.00. The van der Waals surface area contributed by atoms with Crippen LogP contribution in [0.15, 0.2) is 191 Å². The van der Waals surface area contributed by atoms with E-state index in [9.17, 15) is 0 Å². The van der Waals surface area contributed by atoms with Gasteiger partial charge in [0, 0.05) is 54.7 Å². The van der Waals surface area contributed by atoms with E-state index in [1.54, 1.807) is 0 Å². The molecule has 12 rings (SSSR count). The van der Waals surface area contributed by atoms with Crippen LogP contribution in [0.1, 0.15) is 0 Å². The molecule has 0 unspecified atom stereocenters. The van der Waals surface area contributed by atoms with Crippen LogP contribution >= 0.6 is 0 Å². The Kier molecular flexibility index (Phi) is 6.83. The summed E-state index contributed by atoms with van der Waals surface area (Å²) in [5.41, 5.74) is 11.4. The molecule has 0 N–H and O–H groups in total. The Labute approximate surface area is 325 Å². The second kappa shape index (κ2) is 12.3. The minimum Gasteiger partial charge on any atom is -0.456 e. The third-order valence-electron chi connectivity index (χ3n) is 11.1. The number of rotatable bonds is 5. The molecule has 12 aromatic rings. The molecule has 4 heterocycles. The summed E-state index contributed by atoms with van der Waals surface area (Å²) in [6.07, 6.45) is 0.